The second kappa shape index (κ2) is 6.07. The predicted octanol–water partition coefficient (Wildman–Crippen LogP) is 2.06. The number of rotatable bonds is 4. The van der Waals surface area contributed by atoms with Crippen LogP contribution in [0.4, 0.5) is 5.69 Å². The number of nitrogens with zero attached hydrogens (tertiary/aromatic N) is 2. The molecule has 0 saturated heterocycles. The maximum atomic E-state index is 9.17. The molecule has 0 atom stereocenters. The lowest BCUT2D eigenvalue weighted by Crippen LogP contribution is -2.12. The largest absolute Gasteiger partial charge is 0.449 e. The minimum absolute atomic E-state index is 0.0333. The maximum Gasteiger partial charge on any atom is 0.304 e. The molecule has 1 heterocycles. The van der Waals surface area contributed by atoms with Gasteiger partial charge in [-0.3, -0.25) is 0 Å². The van der Waals surface area contributed by atoms with Gasteiger partial charge in [0.25, 0.3) is 0 Å². The van der Waals surface area contributed by atoms with Gasteiger partial charge in [-0.15, -0.1) is 0 Å². The first-order chi connectivity index (χ1) is 10.7. The van der Waals surface area contributed by atoms with E-state index in [9.17, 15) is 0 Å². The highest BCUT2D eigenvalue weighted by atomic mass is 16.5. The Morgan fingerprint density at radius 3 is 2.68 bits per heavy atom. The van der Waals surface area contributed by atoms with Gasteiger partial charge in [0.1, 0.15) is 5.75 Å². The summed E-state index contributed by atoms with van der Waals surface area (Å²) in [4.78, 5) is 6.53. The van der Waals surface area contributed by atoms with Crippen molar-refractivity contribution in [2.45, 2.75) is 0 Å². The van der Waals surface area contributed by atoms with Crippen molar-refractivity contribution in [3.05, 3.63) is 54.6 Å². The Labute approximate surface area is 130 Å². The number of pyridine rings is 1. The van der Waals surface area contributed by atoms with E-state index in [1.807, 2.05) is 73.6 Å². The van der Waals surface area contributed by atoms with Crippen LogP contribution >= 0.6 is 0 Å². The summed E-state index contributed by atoms with van der Waals surface area (Å²) in [6.07, 6.45) is 0. The third-order valence-corrected chi connectivity index (χ3v) is 3.47. The SMILES string of the molecule is CN(C)c1cccc(Oc2ccc3cc(BO)ccc3n2)c1. The molecule has 22 heavy (non-hydrogen) atoms. The third-order valence-electron chi connectivity index (χ3n) is 3.47. The summed E-state index contributed by atoms with van der Waals surface area (Å²) < 4.78 is 5.85. The normalized spacial score (nSPS) is 10.5. The molecule has 0 saturated carbocycles. The van der Waals surface area contributed by atoms with Gasteiger partial charge in [-0.1, -0.05) is 23.7 Å². The molecule has 0 bridgehead atoms. The highest BCUT2D eigenvalue weighted by Gasteiger charge is 2.04. The van der Waals surface area contributed by atoms with Gasteiger partial charge in [0.05, 0.1) is 5.52 Å². The Balaban J connectivity index is 1.89. The number of anilines is 1. The molecule has 3 aromatic rings. The summed E-state index contributed by atoms with van der Waals surface area (Å²) in [6.45, 7) is 0. The lowest BCUT2D eigenvalue weighted by atomic mass is 9.88. The summed E-state index contributed by atoms with van der Waals surface area (Å²) in [5, 5.41) is 10.2. The van der Waals surface area contributed by atoms with Crippen molar-refractivity contribution in [3.8, 4) is 11.6 Å². The van der Waals surface area contributed by atoms with Crippen LogP contribution in [0.25, 0.3) is 10.9 Å². The van der Waals surface area contributed by atoms with E-state index in [2.05, 4.69) is 4.98 Å². The van der Waals surface area contributed by atoms with Crippen LogP contribution in [0.3, 0.4) is 0 Å². The first kappa shape index (κ1) is 14.4. The lowest BCUT2D eigenvalue weighted by Gasteiger charge is -2.13. The molecular weight excluding hydrogens is 275 g/mol. The van der Waals surface area contributed by atoms with Crippen LogP contribution in [-0.2, 0) is 0 Å². The zero-order valence-corrected chi connectivity index (χ0v) is 12.7. The Kier molecular flexibility index (Phi) is 3.98. The molecule has 0 aliphatic carbocycles. The van der Waals surface area contributed by atoms with Crippen LogP contribution in [0.15, 0.2) is 54.6 Å². The molecule has 1 N–H and O–H groups in total. The standard InChI is InChI=1S/C17H17BN2O2/c1-20(2)14-4-3-5-15(11-14)22-17-9-6-12-10-13(18-21)7-8-16(12)19-17/h3-11,18,21H,1-2H3. The van der Waals surface area contributed by atoms with Crippen LogP contribution in [-0.4, -0.2) is 31.6 Å². The molecule has 5 heteroatoms. The van der Waals surface area contributed by atoms with Gasteiger partial charge >= 0.3 is 7.48 Å². The van der Waals surface area contributed by atoms with Crippen molar-refractivity contribution >= 4 is 29.5 Å². The molecule has 1 aromatic heterocycles. The fourth-order valence-corrected chi connectivity index (χ4v) is 2.26. The molecule has 110 valence electrons. The second-order valence-electron chi connectivity index (χ2n) is 5.33. The van der Waals surface area contributed by atoms with Crippen LogP contribution in [0.2, 0.25) is 0 Å². The Morgan fingerprint density at radius 1 is 1.05 bits per heavy atom. The number of fused-ring (bicyclic) bond motifs is 1. The van der Waals surface area contributed by atoms with Crippen LogP contribution in [0.1, 0.15) is 0 Å². The molecule has 3 rings (SSSR count). The number of hydrogen-bond acceptors (Lipinski definition) is 4. The summed E-state index contributed by atoms with van der Waals surface area (Å²) in [7, 11) is 4.02. The van der Waals surface area contributed by atoms with E-state index < -0.39 is 0 Å². The molecule has 0 fully saturated rings. The molecule has 4 nitrogen and oxygen atoms in total. The minimum Gasteiger partial charge on any atom is -0.449 e. The third kappa shape index (κ3) is 3.04. The van der Waals surface area contributed by atoms with Gasteiger partial charge in [-0.25, -0.2) is 4.98 Å². The van der Waals surface area contributed by atoms with Gasteiger partial charge in [0, 0.05) is 31.9 Å². The van der Waals surface area contributed by atoms with Gasteiger partial charge in [0.15, 0.2) is 0 Å². The summed E-state index contributed by atoms with van der Waals surface area (Å²) in [5.74, 6) is 1.31. The lowest BCUT2D eigenvalue weighted by molar-refractivity contribution is 0.465. The van der Waals surface area contributed by atoms with E-state index in [0.29, 0.717) is 5.88 Å². The van der Waals surface area contributed by atoms with Crippen LogP contribution < -0.4 is 15.1 Å². The first-order valence-corrected chi connectivity index (χ1v) is 7.11. The molecule has 0 aliphatic rings. The van der Waals surface area contributed by atoms with Crippen molar-refractivity contribution in [1.82, 2.24) is 4.98 Å². The second-order valence-corrected chi connectivity index (χ2v) is 5.33. The van der Waals surface area contributed by atoms with Crippen molar-refractivity contribution in [3.63, 3.8) is 0 Å². The first-order valence-electron chi connectivity index (χ1n) is 7.11. The highest BCUT2D eigenvalue weighted by molar-refractivity contribution is 6.45. The Morgan fingerprint density at radius 2 is 1.91 bits per heavy atom. The zero-order chi connectivity index (χ0) is 15.5. The number of ether oxygens (including phenoxy) is 1. The van der Waals surface area contributed by atoms with E-state index in [4.69, 9.17) is 9.76 Å². The number of aromatic nitrogens is 1. The Hall–Kier alpha value is -2.53. The zero-order valence-electron chi connectivity index (χ0n) is 12.7. The summed E-state index contributed by atoms with van der Waals surface area (Å²) in [6, 6.07) is 17.3. The van der Waals surface area contributed by atoms with Crippen molar-refractivity contribution in [1.29, 1.82) is 0 Å². The quantitative estimate of drug-likeness (QED) is 0.748. The Bertz CT molecular complexity index is 806. The number of hydrogen-bond donors (Lipinski definition) is 1. The van der Waals surface area contributed by atoms with Gasteiger partial charge < -0.3 is 14.7 Å². The molecule has 0 radical (unpaired) electrons. The molecule has 0 spiro atoms. The molecule has 2 aromatic carbocycles. The van der Waals surface area contributed by atoms with Gasteiger partial charge in [-0.2, -0.15) is 0 Å². The highest BCUT2D eigenvalue weighted by Crippen LogP contribution is 2.25. The molecule has 0 aliphatic heterocycles. The van der Waals surface area contributed by atoms with Crippen molar-refractivity contribution in [2.75, 3.05) is 19.0 Å². The number of benzene rings is 2. The molecule has 0 amide bonds. The summed E-state index contributed by atoms with van der Waals surface area (Å²) >= 11 is 0. The average molecular weight is 292 g/mol. The monoisotopic (exact) mass is 292 g/mol. The summed E-state index contributed by atoms with van der Waals surface area (Å²) in [5.41, 5.74) is 2.80. The predicted molar refractivity (Wildman–Crippen MR) is 91.6 cm³/mol. The van der Waals surface area contributed by atoms with Crippen molar-refractivity contribution in [2.24, 2.45) is 0 Å². The fraction of sp³-hybridized carbons (Fsp3) is 0.118. The molecule has 0 unspecified atom stereocenters. The van der Waals surface area contributed by atoms with E-state index in [1.54, 1.807) is 0 Å². The molecular formula is C17H17BN2O2. The minimum atomic E-state index is 0.0333. The average Bonchev–Trinajstić information content (AvgIpc) is 2.54. The van der Waals surface area contributed by atoms with Gasteiger partial charge in [0.2, 0.25) is 5.88 Å². The van der Waals surface area contributed by atoms with Crippen molar-refractivity contribution < 1.29 is 9.76 Å². The van der Waals surface area contributed by atoms with E-state index in [-0.39, 0.29) is 7.48 Å². The fourth-order valence-electron chi connectivity index (χ4n) is 2.26. The maximum absolute atomic E-state index is 9.17. The van der Waals surface area contributed by atoms with Crippen LogP contribution in [0, 0.1) is 0 Å². The van der Waals surface area contributed by atoms with E-state index >= 15 is 0 Å². The topological polar surface area (TPSA) is 45.6 Å². The van der Waals surface area contributed by atoms with E-state index in [1.165, 1.54) is 0 Å². The van der Waals surface area contributed by atoms with Gasteiger partial charge in [-0.05, 0) is 29.7 Å². The smallest absolute Gasteiger partial charge is 0.304 e. The van der Waals surface area contributed by atoms with E-state index in [0.717, 1.165) is 27.8 Å². The van der Waals surface area contributed by atoms with Crippen LogP contribution in [0.5, 0.6) is 11.6 Å².